The molecule has 1 aliphatic carbocycles. The van der Waals surface area contributed by atoms with Crippen LogP contribution in [0.1, 0.15) is 13.3 Å². The summed E-state index contributed by atoms with van der Waals surface area (Å²) < 4.78 is 6.36. The van der Waals surface area contributed by atoms with E-state index < -0.39 is 0 Å². The molecule has 2 heterocycles. The normalized spacial score (nSPS) is 15.9. The van der Waals surface area contributed by atoms with Crippen molar-refractivity contribution in [3.8, 4) is 39.9 Å². The van der Waals surface area contributed by atoms with Crippen LogP contribution in [0.3, 0.4) is 0 Å². The first-order chi connectivity index (χ1) is 19.2. The first-order valence-electron chi connectivity index (χ1n) is 13.2. The van der Waals surface area contributed by atoms with Crippen molar-refractivity contribution in [3.05, 3.63) is 133 Å². The van der Waals surface area contributed by atoms with Gasteiger partial charge >= 0.3 is 0 Å². The van der Waals surface area contributed by atoms with Gasteiger partial charge < -0.3 is 9.64 Å². The van der Waals surface area contributed by atoms with Gasteiger partial charge in [-0.2, -0.15) is 0 Å². The van der Waals surface area contributed by atoms with E-state index >= 15 is 0 Å². The lowest BCUT2D eigenvalue weighted by molar-refractivity contribution is 0.342. The van der Waals surface area contributed by atoms with E-state index in [4.69, 9.17) is 19.7 Å². The summed E-state index contributed by atoms with van der Waals surface area (Å²) in [6, 6.07) is 36.7. The molecule has 0 bridgehead atoms. The van der Waals surface area contributed by atoms with Crippen molar-refractivity contribution in [2.75, 3.05) is 4.90 Å². The molecule has 0 saturated heterocycles. The number of rotatable bonds is 4. The third-order valence-electron chi connectivity index (χ3n) is 7.12. The zero-order valence-electron chi connectivity index (χ0n) is 21.5. The van der Waals surface area contributed by atoms with Crippen LogP contribution in [0.2, 0.25) is 0 Å². The Morgan fingerprint density at radius 3 is 1.79 bits per heavy atom. The molecule has 1 unspecified atom stereocenters. The van der Waals surface area contributed by atoms with Crippen molar-refractivity contribution in [1.29, 1.82) is 0 Å². The fourth-order valence-electron chi connectivity index (χ4n) is 5.11. The minimum atomic E-state index is 0.318. The molecule has 5 heteroatoms. The quantitative estimate of drug-likeness (QED) is 0.246. The third kappa shape index (κ3) is 4.28. The lowest BCUT2D eigenvalue weighted by Crippen LogP contribution is -2.27. The van der Waals surface area contributed by atoms with E-state index in [1.807, 2.05) is 78.9 Å². The van der Waals surface area contributed by atoms with Gasteiger partial charge in [0.15, 0.2) is 23.2 Å². The smallest absolute Gasteiger partial charge is 0.164 e. The van der Waals surface area contributed by atoms with Crippen LogP contribution in [0.4, 0.5) is 11.4 Å². The van der Waals surface area contributed by atoms with E-state index in [0.29, 0.717) is 23.4 Å². The Balaban J connectivity index is 1.32. The van der Waals surface area contributed by atoms with Gasteiger partial charge in [0.05, 0.1) is 11.4 Å². The Labute approximate surface area is 227 Å². The SMILES string of the molecule is CC1CC=CC2=C1Oc1ccccc1N2c1ccc(-c2nc(-c3ccccc3)nc(-c3ccccc3)n2)cc1. The van der Waals surface area contributed by atoms with Crippen molar-refractivity contribution < 1.29 is 4.74 Å². The van der Waals surface area contributed by atoms with Crippen LogP contribution in [0.15, 0.2) is 133 Å². The highest BCUT2D eigenvalue weighted by Crippen LogP contribution is 2.46. The number of fused-ring (bicyclic) bond motifs is 1. The maximum absolute atomic E-state index is 6.36. The fraction of sp³-hybridized carbons (Fsp3) is 0.0882. The van der Waals surface area contributed by atoms with Crippen LogP contribution < -0.4 is 9.64 Å². The zero-order chi connectivity index (χ0) is 26.2. The lowest BCUT2D eigenvalue weighted by atomic mass is 9.96. The molecule has 1 aromatic heterocycles. The number of ether oxygens (including phenoxy) is 1. The number of nitrogens with zero attached hydrogens (tertiary/aromatic N) is 4. The molecule has 7 rings (SSSR count). The van der Waals surface area contributed by atoms with Gasteiger partial charge in [-0.1, -0.05) is 85.8 Å². The molecule has 188 valence electrons. The van der Waals surface area contributed by atoms with Crippen molar-refractivity contribution >= 4 is 11.4 Å². The Morgan fingerprint density at radius 1 is 0.641 bits per heavy atom. The second-order valence-corrected chi connectivity index (χ2v) is 9.78. The molecule has 2 aliphatic rings. The predicted molar refractivity (Wildman–Crippen MR) is 155 cm³/mol. The highest BCUT2D eigenvalue weighted by atomic mass is 16.5. The average Bonchev–Trinajstić information content (AvgIpc) is 3.01. The predicted octanol–water partition coefficient (Wildman–Crippen LogP) is 8.21. The van der Waals surface area contributed by atoms with Gasteiger partial charge in [-0.25, -0.2) is 15.0 Å². The van der Waals surface area contributed by atoms with E-state index in [2.05, 4.69) is 54.3 Å². The zero-order valence-corrected chi connectivity index (χ0v) is 21.5. The summed E-state index contributed by atoms with van der Waals surface area (Å²) in [5.74, 6) is 4.15. The Kier molecular flexibility index (Phi) is 5.74. The van der Waals surface area contributed by atoms with Gasteiger partial charge in [-0.3, -0.25) is 0 Å². The Morgan fingerprint density at radius 2 is 1.18 bits per heavy atom. The number of hydrogen-bond acceptors (Lipinski definition) is 5. The Bertz CT molecular complexity index is 1650. The highest BCUT2D eigenvalue weighted by molar-refractivity contribution is 5.79. The Hall–Kier alpha value is -5.03. The second-order valence-electron chi connectivity index (χ2n) is 9.78. The number of aromatic nitrogens is 3. The molecule has 0 radical (unpaired) electrons. The molecular weight excluding hydrogens is 480 g/mol. The van der Waals surface area contributed by atoms with E-state index in [1.165, 1.54) is 0 Å². The minimum absolute atomic E-state index is 0.318. The summed E-state index contributed by atoms with van der Waals surface area (Å²) in [5.41, 5.74) is 6.01. The van der Waals surface area contributed by atoms with Crippen LogP contribution in [-0.4, -0.2) is 15.0 Å². The van der Waals surface area contributed by atoms with E-state index in [0.717, 1.165) is 51.7 Å². The monoisotopic (exact) mass is 506 g/mol. The first-order valence-corrected chi connectivity index (χ1v) is 13.2. The molecule has 1 atom stereocenters. The van der Waals surface area contributed by atoms with Crippen molar-refractivity contribution in [3.63, 3.8) is 0 Å². The van der Waals surface area contributed by atoms with E-state index in [1.54, 1.807) is 0 Å². The van der Waals surface area contributed by atoms with Gasteiger partial charge in [-0.05, 0) is 48.9 Å². The molecule has 0 fully saturated rings. The van der Waals surface area contributed by atoms with Crippen LogP contribution in [0.5, 0.6) is 5.75 Å². The standard InChI is InChI=1S/C34H26N4O/c1-23-11-10-17-29-31(23)39-30-18-9-8-16-28(30)38(29)27-21-19-26(20-22-27)34-36-32(24-12-4-2-5-13-24)35-33(37-34)25-14-6-3-7-15-25/h2-10,12-23H,11H2,1H3. The maximum Gasteiger partial charge on any atom is 0.164 e. The first kappa shape index (κ1) is 23.1. The topological polar surface area (TPSA) is 51.1 Å². The number of anilines is 2. The van der Waals surface area contributed by atoms with Crippen LogP contribution in [0, 0.1) is 5.92 Å². The molecule has 1 aliphatic heterocycles. The molecule has 0 amide bonds. The summed E-state index contributed by atoms with van der Waals surface area (Å²) in [7, 11) is 0. The van der Waals surface area contributed by atoms with Crippen LogP contribution in [0.25, 0.3) is 34.2 Å². The molecule has 0 spiro atoms. The summed E-state index contributed by atoms with van der Waals surface area (Å²) in [4.78, 5) is 16.8. The molecule has 0 saturated carbocycles. The highest BCUT2D eigenvalue weighted by Gasteiger charge is 2.31. The van der Waals surface area contributed by atoms with E-state index in [-0.39, 0.29) is 0 Å². The third-order valence-corrected chi connectivity index (χ3v) is 7.12. The molecule has 0 N–H and O–H groups in total. The van der Waals surface area contributed by atoms with Gasteiger partial charge in [0, 0.05) is 28.3 Å². The average molecular weight is 507 g/mol. The molecule has 4 aromatic carbocycles. The molecule has 5 aromatic rings. The van der Waals surface area contributed by atoms with Gasteiger partial charge in [0.2, 0.25) is 0 Å². The van der Waals surface area contributed by atoms with E-state index in [9.17, 15) is 0 Å². The lowest BCUT2D eigenvalue weighted by Gasteiger charge is -2.37. The van der Waals surface area contributed by atoms with Crippen molar-refractivity contribution in [2.45, 2.75) is 13.3 Å². The minimum Gasteiger partial charge on any atom is -0.457 e. The summed E-state index contributed by atoms with van der Waals surface area (Å²) in [6.07, 6.45) is 5.37. The van der Waals surface area contributed by atoms with Crippen molar-refractivity contribution in [1.82, 2.24) is 15.0 Å². The van der Waals surface area contributed by atoms with Crippen LogP contribution >= 0.6 is 0 Å². The molecular formula is C34H26N4O. The summed E-state index contributed by atoms with van der Waals surface area (Å²) >= 11 is 0. The van der Waals surface area contributed by atoms with Crippen LogP contribution in [-0.2, 0) is 0 Å². The second kappa shape index (κ2) is 9.69. The number of para-hydroxylation sites is 2. The number of allylic oxidation sites excluding steroid dienone is 3. The van der Waals surface area contributed by atoms with Crippen molar-refractivity contribution in [2.24, 2.45) is 5.92 Å². The molecule has 39 heavy (non-hydrogen) atoms. The summed E-state index contributed by atoms with van der Waals surface area (Å²) in [5, 5.41) is 0. The maximum atomic E-state index is 6.36. The number of hydrogen-bond donors (Lipinski definition) is 0. The number of benzene rings is 4. The van der Waals surface area contributed by atoms with Gasteiger partial charge in [-0.15, -0.1) is 0 Å². The molecule has 5 nitrogen and oxygen atoms in total. The fourth-order valence-corrected chi connectivity index (χ4v) is 5.11. The van der Waals surface area contributed by atoms with Gasteiger partial charge in [0.1, 0.15) is 5.76 Å². The largest absolute Gasteiger partial charge is 0.457 e. The van der Waals surface area contributed by atoms with Gasteiger partial charge in [0.25, 0.3) is 0 Å². The summed E-state index contributed by atoms with van der Waals surface area (Å²) in [6.45, 7) is 2.21.